The van der Waals surface area contributed by atoms with Gasteiger partial charge in [-0.1, -0.05) is 270 Å². The van der Waals surface area contributed by atoms with E-state index in [0.29, 0.717) is 6.42 Å². The lowest BCUT2D eigenvalue weighted by molar-refractivity contribution is -0.137. The molecule has 0 saturated carbocycles. The highest BCUT2D eigenvalue weighted by Crippen LogP contribution is 2.17. The highest BCUT2D eigenvalue weighted by Gasteiger charge is 1.98. The van der Waals surface area contributed by atoms with Crippen LogP contribution < -0.4 is 0 Å². The molecule has 0 amide bonds. The Morgan fingerprint density at radius 3 is 0.740 bits per heavy atom. The maximum Gasteiger partial charge on any atom is 0.303 e. The molecule has 0 aromatic rings. The van der Waals surface area contributed by atoms with Gasteiger partial charge in [-0.05, 0) is 26.2 Å². The predicted molar refractivity (Wildman–Crippen MR) is 228 cm³/mol. The number of carbonyl (C=O) groups is 1. The Hall–Kier alpha value is -0.790. The minimum atomic E-state index is -0.648. The molecular formula is C48H96O2. The van der Waals surface area contributed by atoms with Crippen molar-refractivity contribution >= 4 is 5.97 Å². The summed E-state index contributed by atoms with van der Waals surface area (Å²) in [6.45, 7) is 6.68. The lowest BCUT2D eigenvalue weighted by atomic mass is 10.0. The van der Waals surface area contributed by atoms with Crippen LogP contribution in [0.1, 0.15) is 290 Å². The molecule has 0 fully saturated rings. The summed E-state index contributed by atoms with van der Waals surface area (Å²) in [6.07, 6.45) is 62.5. The Balaban J connectivity index is 0. The largest absolute Gasteiger partial charge is 0.481 e. The highest BCUT2D eigenvalue weighted by atomic mass is 16.4. The zero-order valence-corrected chi connectivity index (χ0v) is 35.2. The van der Waals surface area contributed by atoms with Crippen molar-refractivity contribution < 1.29 is 9.90 Å². The van der Waals surface area contributed by atoms with Gasteiger partial charge in [-0.2, -0.15) is 0 Å². The van der Waals surface area contributed by atoms with Crippen LogP contribution in [-0.4, -0.2) is 11.1 Å². The molecular weight excluding hydrogens is 609 g/mol. The maximum atomic E-state index is 10.5. The molecule has 0 rings (SSSR count). The fourth-order valence-corrected chi connectivity index (χ4v) is 7.22. The standard InChI is InChI=1S/C34H68O2.C14H28/c1-2-3-4-5-6-7-8-9-10-11-12-13-14-15-16-17-18-19-20-21-22-23-24-25-26-27-28-29-30-31-32-33-34(35)36;1-3-5-7-9-11-13-14-12-10-8-6-4-2/h2-33H2,1H3,(H,35,36);3,5H,4,6-14H2,1-2H3. The molecule has 1 N–H and O–H groups in total. The normalized spacial score (nSPS) is 11.3. The van der Waals surface area contributed by atoms with Crippen LogP contribution in [0.15, 0.2) is 12.2 Å². The van der Waals surface area contributed by atoms with Crippen molar-refractivity contribution in [1.82, 2.24) is 0 Å². The molecule has 0 bridgehead atoms. The number of carboxylic acids is 1. The molecule has 2 heteroatoms. The van der Waals surface area contributed by atoms with Crippen molar-refractivity contribution in [2.24, 2.45) is 0 Å². The second kappa shape index (κ2) is 50.3. The van der Waals surface area contributed by atoms with Crippen LogP contribution in [-0.2, 0) is 4.79 Å². The fourth-order valence-electron chi connectivity index (χ4n) is 7.22. The molecule has 0 aliphatic rings. The van der Waals surface area contributed by atoms with Crippen LogP contribution in [0, 0.1) is 0 Å². The minimum absolute atomic E-state index is 0.347. The summed E-state index contributed by atoms with van der Waals surface area (Å²) in [5.41, 5.74) is 0. The number of unbranched alkanes of at least 4 members (excludes halogenated alkanes) is 39. The number of aliphatic carboxylic acids is 1. The number of hydrogen-bond donors (Lipinski definition) is 1. The van der Waals surface area contributed by atoms with Crippen LogP contribution in [0.2, 0.25) is 0 Å². The van der Waals surface area contributed by atoms with E-state index < -0.39 is 5.97 Å². The number of rotatable bonds is 42. The molecule has 0 heterocycles. The van der Waals surface area contributed by atoms with E-state index in [2.05, 4.69) is 32.9 Å². The van der Waals surface area contributed by atoms with Gasteiger partial charge in [-0.3, -0.25) is 4.79 Å². The van der Waals surface area contributed by atoms with Gasteiger partial charge in [0, 0.05) is 6.42 Å². The highest BCUT2D eigenvalue weighted by molar-refractivity contribution is 5.66. The summed E-state index contributed by atoms with van der Waals surface area (Å²) in [6, 6.07) is 0. The summed E-state index contributed by atoms with van der Waals surface area (Å²) in [5.74, 6) is -0.648. The molecule has 50 heavy (non-hydrogen) atoms. The summed E-state index contributed by atoms with van der Waals surface area (Å²) in [7, 11) is 0. The number of carboxylic acid groups (broad SMARTS) is 1. The Kier molecular flexibility index (Phi) is 51.6. The van der Waals surface area contributed by atoms with Crippen molar-refractivity contribution in [2.45, 2.75) is 290 Å². The molecule has 0 spiro atoms. The lowest BCUT2D eigenvalue weighted by Gasteiger charge is -2.04. The van der Waals surface area contributed by atoms with Crippen molar-refractivity contribution in [1.29, 1.82) is 0 Å². The molecule has 0 aromatic carbocycles. The maximum absolute atomic E-state index is 10.5. The summed E-state index contributed by atoms with van der Waals surface area (Å²) < 4.78 is 0. The van der Waals surface area contributed by atoms with Gasteiger partial charge in [0.15, 0.2) is 0 Å². The molecule has 0 aliphatic carbocycles. The first kappa shape index (κ1) is 51.3. The van der Waals surface area contributed by atoms with Crippen molar-refractivity contribution in [3.8, 4) is 0 Å². The SMILES string of the molecule is CC=CCCCCCCCCCCC.CCCCCCCCCCCCCCCCCCCCCCCCCCCCCCCCCC(=O)O. The van der Waals surface area contributed by atoms with Crippen LogP contribution in [0.5, 0.6) is 0 Å². The van der Waals surface area contributed by atoms with Crippen LogP contribution in [0.3, 0.4) is 0 Å². The fraction of sp³-hybridized carbons (Fsp3) is 0.938. The third-order valence-electron chi connectivity index (χ3n) is 10.7. The van der Waals surface area contributed by atoms with Crippen LogP contribution >= 0.6 is 0 Å². The van der Waals surface area contributed by atoms with Crippen molar-refractivity contribution in [2.75, 3.05) is 0 Å². The Morgan fingerprint density at radius 1 is 0.340 bits per heavy atom. The first-order valence-corrected chi connectivity index (χ1v) is 23.5. The monoisotopic (exact) mass is 705 g/mol. The van der Waals surface area contributed by atoms with Gasteiger partial charge in [0.05, 0.1) is 0 Å². The smallest absolute Gasteiger partial charge is 0.303 e. The van der Waals surface area contributed by atoms with E-state index in [9.17, 15) is 4.79 Å². The van der Waals surface area contributed by atoms with E-state index in [1.807, 2.05) is 0 Å². The second-order valence-corrected chi connectivity index (χ2v) is 15.9. The van der Waals surface area contributed by atoms with E-state index in [4.69, 9.17) is 5.11 Å². The van der Waals surface area contributed by atoms with E-state index >= 15 is 0 Å². The third-order valence-corrected chi connectivity index (χ3v) is 10.7. The molecule has 0 unspecified atom stereocenters. The zero-order chi connectivity index (χ0) is 36.7. The van der Waals surface area contributed by atoms with Gasteiger partial charge in [0.25, 0.3) is 0 Å². The topological polar surface area (TPSA) is 37.3 Å². The van der Waals surface area contributed by atoms with Gasteiger partial charge < -0.3 is 5.11 Å². The van der Waals surface area contributed by atoms with E-state index in [-0.39, 0.29) is 0 Å². The van der Waals surface area contributed by atoms with E-state index in [1.165, 1.54) is 250 Å². The molecule has 0 aromatic heterocycles. The lowest BCUT2D eigenvalue weighted by Crippen LogP contribution is -1.93. The molecule has 300 valence electrons. The number of hydrogen-bond acceptors (Lipinski definition) is 1. The Morgan fingerprint density at radius 2 is 0.540 bits per heavy atom. The second-order valence-electron chi connectivity index (χ2n) is 15.9. The Labute approximate surface area is 317 Å². The van der Waals surface area contributed by atoms with E-state index in [1.54, 1.807) is 0 Å². The first-order chi connectivity index (χ1) is 24.7. The molecule has 0 atom stereocenters. The zero-order valence-electron chi connectivity index (χ0n) is 35.2. The van der Waals surface area contributed by atoms with Crippen molar-refractivity contribution in [3.63, 3.8) is 0 Å². The molecule has 2 nitrogen and oxygen atoms in total. The van der Waals surface area contributed by atoms with Crippen molar-refractivity contribution in [3.05, 3.63) is 12.2 Å². The predicted octanol–water partition coefficient (Wildman–Crippen LogP) is 18.1. The molecule has 0 radical (unpaired) electrons. The summed E-state index contributed by atoms with van der Waals surface area (Å²) in [4.78, 5) is 10.5. The average Bonchev–Trinajstić information content (AvgIpc) is 3.11. The van der Waals surface area contributed by atoms with Gasteiger partial charge in [-0.25, -0.2) is 0 Å². The Bertz CT molecular complexity index is 611. The average molecular weight is 705 g/mol. The van der Waals surface area contributed by atoms with E-state index in [0.717, 1.165) is 12.8 Å². The van der Waals surface area contributed by atoms with Gasteiger partial charge in [0.1, 0.15) is 0 Å². The minimum Gasteiger partial charge on any atom is -0.481 e. The third kappa shape index (κ3) is 54.0. The molecule has 0 saturated heterocycles. The molecule has 0 aliphatic heterocycles. The quantitative estimate of drug-likeness (QED) is 0.0507. The summed E-state index contributed by atoms with van der Waals surface area (Å²) >= 11 is 0. The van der Waals surface area contributed by atoms with Gasteiger partial charge in [-0.15, -0.1) is 0 Å². The first-order valence-electron chi connectivity index (χ1n) is 23.5. The van der Waals surface area contributed by atoms with Gasteiger partial charge in [0.2, 0.25) is 0 Å². The summed E-state index contributed by atoms with van der Waals surface area (Å²) in [5, 5.41) is 8.62. The van der Waals surface area contributed by atoms with Crippen LogP contribution in [0.25, 0.3) is 0 Å². The number of allylic oxidation sites excluding steroid dienone is 2. The van der Waals surface area contributed by atoms with Gasteiger partial charge >= 0.3 is 5.97 Å². The van der Waals surface area contributed by atoms with Crippen LogP contribution in [0.4, 0.5) is 0 Å².